The number of hydrogen-bond acceptors (Lipinski definition) is 5. The third-order valence-corrected chi connectivity index (χ3v) is 3.60. The molecule has 5 nitrogen and oxygen atoms in total. The molecule has 0 fully saturated rings. The molecule has 17 heavy (non-hydrogen) atoms. The van der Waals surface area contributed by atoms with Crippen molar-refractivity contribution in [2.75, 3.05) is 13.7 Å². The van der Waals surface area contributed by atoms with Crippen LogP contribution in [0, 0.1) is 0 Å². The molecule has 1 unspecified atom stereocenters. The molecule has 1 aromatic heterocycles. The Labute approximate surface area is 107 Å². The Bertz CT molecular complexity index is 340. The lowest BCUT2D eigenvalue weighted by atomic mass is 10.3. The van der Waals surface area contributed by atoms with Crippen LogP contribution in [0.2, 0.25) is 0 Å². The van der Waals surface area contributed by atoms with Crippen LogP contribution < -0.4 is 5.73 Å². The van der Waals surface area contributed by atoms with Gasteiger partial charge in [0.1, 0.15) is 5.82 Å². The average Bonchev–Trinajstić information content (AvgIpc) is 2.69. The zero-order valence-electron chi connectivity index (χ0n) is 11.0. The Morgan fingerprint density at radius 3 is 2.59 bits per heavy atom. The summed E-state index contributed by atoms with van der Waals surface area (Å²) in [4.78, 5) is 0. The Balaban J connectivity index is 2.73. The summed E-state index contributed by atoms with van der Waals surface area (Å²) in [6, 6.07) is 0.334. The largest absolute Gasteiger partial charge is 0.385 e. The van der Waals surface area contributed by atoms with E-state index in [0.717, 1.165) is 24.0 Å². The first-order valence-corrected chi connectivity index (χ1v) is 6.77. The van der Waals surface area contributed by atoms with Gasteiger partial charge in [-0.1, -0.05) is 18.7 Å². The molecule has 1 atom stereocenters. The van der Waals surface area contributed by atoms with E-state index < -0.39 is 0 Å². The van der Waals surface area contributed by atoms with Crippen LogP contribution >= 0.6 is 11.8 Å². The molecule has 0 bridgehead atoms. The molecule has 1 heterocycles. The van der Waals surface area contributed by atoms with Gasteiger partial charge in [0.25, 0.3) is 0 Å². The molecule has 2 N–H and O–H groups in total. The molecule has 1 aromatic rings. The smallest absolute Gasteiger partial charge is 0.191 e. The second kappa shape index (κ2) is 6.98. The van der Waals surface area contributed by atoms with Gasteiger partial charge >= 0.3 is 0 Å². The van der Waals surface area contributed by atoms with Gasteiger partial charge < -0.3 is 15.0 Å². The lowest BCUT2D eigenvalue weighted by Gasteiger charge is -2.15. The number of methoxy groups -OCH3 is 1. The summed E-state index contributed by atoms with van der Waals surface area (Å²) in [6.07, 6.45) is 1.00. The van der Waals surface area contributed by atoms with Crippen LogP contribution in [-0.4, -0.2) is 33.7 Å². The SMILES string of the molecule is COCCC(C)Sc1nnc(CN)n1C(C)C. The molecule has 1 rings (SSSR count). The standard InChI is InChI=1S/C11H22N4OS/c1-8(2)15-10(7-12)13-14-11(15)17-9(3)5-6-16-4/h8-9H,5-7,12H2,1-4H3. The topological polar surface area (TPSA) is 66.0 Å². The van der Waals surface area contributed by atoms with Gasteiger partial charge in [-0.25, -0.2) is 0 Å². The maximum atomic E-state index is 5.66. The van der Waals surface area contributed by atoms with Crippen LogP contribution in [0.25, 0.3) is 0 Å². The van der Waals surface area contributed by atoms with Gasteiger partial charge in [-0.3, -0.25) is 0 Å². The van der Waals surface area contributed by atoms with E-state index in [2.05, 4.69) is 35.5 Å². The highest BCUT2D eigenvalue weighted by molar-refractivity contribution is 7.99. The van der Waals surface area contributed by atoms with Crippen LogP contribution in [0.1, 0.15) is 39.1 Å². The van der Waals surface area contributed by atoms with Crippen molar-refractivity contribution in [1.82, 2.24) is 14.8 Å². The number of thioether (sulfide) groups is 1. The van der Waals surface area contributed by atoms with Crippen molar-refractivity contribution >= 4 is 11.8 Å². The van der Waals surface area contributed by atoms with Crippen LogP contribution in [-0.2, 0) is 11.3 Å². The van der Waals surface area contributed by atoms with Gasteiger partial charge in [-0.05, 0) is 20.3 Å². The molecule has 6 heteroatoms. The molecule has 0 radical (unpaired) electrons. The van der Waals surface area contributed by atoms with Gasteiger partial charge in [0.05, 0.1) is 6.54 Å². The highest BCUT2D eigenvalue weighted by Crippen LogP contribution is 2.26. The van der Waals surface area contributed by atoms with Gasteiger partial charge in [0, 0.05) is 25.0 Å². The second-order valence-corrected chi connectivity index (χ2v) is 5.68. The molecule has 98 valence electrons. The minimum Gasteiger partial charge on any atom is -0.385 e. The van der Waals surface area contributed by atoms with E-state index in [-0.39, 0.29) is 0 Å². The van der Waals surface area contributed by atoms with E-state index in [1.165, 1.54) is 0 Å². The molecular weight excluding hydrogens is 236 g/mol. The minimum atomic E-state index is 0.334. The summed E-state index contributed by atoms with van der Waals surface area (Å²) in [6.45, 7) is 7.61. The van der Waals surface area contributed by atoms with Crippen molar-refractivity contribution in [3.63, 3.8) is 0 Å². The predicted octanol–water partition coefficient (Wildman–Crippen LogP) is 1.83. The quantitative estimate of drug-likeness (QED) is 0.756. The first-order valence-electron chi connectivity index (χ1n) is 5.89. The number of nitrogens with two attached hydrogens (primary N) is 1. The predicted molar refractivity (Wildman–Crippen MR) is 70.1 cm³/mol. The van der Waals surface area contributed by atoms with Gasteiger partial charge in [-0.2, -0.15) is 0 Å². The molecular formula is C11H22N4OS. The van der Waals surface area contributed by atoms with Crippen LogP contribution in [0.3, 0.4) is 0 Å². The van der Waals surface area contributed by atoms with Crippen LogP contribution in [0.4, 0.5) is 0 Å². The van der Waals surface area contributed by atoms with Crippen LogP contribution in [0.5, 0.6) is 0 Å². The lowest BCUT2D eigenvalue weighted by Crippen LogP contribution is -2.12. The van der Waals surface area contributed by atoms with Crippen LogP contribution in [0.15, 0.2) is 5.16 Å². The third-order valence-electron chi connectivity index (χ3n) is 2.47. The molecule has 0 aliphatic heterocycles. The van der Waals surface area contributed by atoms with Crippen molar-refractivity contribution in [3.8, 4) is 0 Å². The Morgan fingerprint density at radius 1 is 1.35 bits per heavy atom. The summed E-state index contributed by atoms with van der Waals surface area (Å²) < 4.78 is 7.18. The zero-order valence-corrected chi connectivity index (χ0v) is 11.8. The lowest BCUT2D eigenvalue weighted by molar-refractivity contribution is 0.195. The average molecular weight is 258 g/mol. The molecule has 0 aliphatic carbocycles. The maximum absolute atomic E-state index is 5.66. The van der Waals surface area contributed by atoms with Crippen molar-refractivity contribution in [2.24, 2.45) is 5.73 Å². The van der Waals surface area contributed by atoms with E-state index >= 15 is 0 Å². The van der Waals surface area contributed by atoms with Gasteiger partial charge in [0.15, 0.2) is 5.16 Å². The molecule has 0 amide bonds. The third kappa shape index (κ3) is 3.97. The molecule has 0 aromatic carbocycles. The molecule has 0 spiro atoms. The molecule has 0 saturated carbocycles. The van der Waals surface area contributed by atoms with Gasteiger partial charge in [-0.15, -0.1) is 10.2 Å². The van der Waals surface area contributed by atoms with E-state index in [1.54, 1.807) is 18.9 Å². The molecule has 0 aliphatic rings. The number of nitrogens with zero attached hydrogens (tertiary/aromatic N) is 3. The number of ether oxygens (including phenoxy) is 1. The normalized spacial score (nSPS) is 13.3. The first kappa shape index (κ1) is 14.5. The highest BCUT2D eigenvalue weighted by atomic mass is 32.2. The summed E-state index contributed by atoms with van der Waals surface area (Å²) in [5.41, 5.74) is 5.66. The Morgan fingerprint density at radius 2 is 2.06 bits per heavy atom. The highest BCUT2D eigenvalue weighted by Gasteiger charge is 2.16. The van der Waals surface area contributed by atoms with Gasteiger partial charge in [0.2, 0.25) is 0 Å². The summed E-state index contributed by atoms with van der Waals surface area (Å²) in [7, 11) is 1.72. The monoisotopic (exact) mass is 258 g/mol. The Hall–Kier alpha value is -0.590. The summed E-state index contributed by atoms with van der Waals surface area (Å²) >= 11 is 1.73. The summed E-state index contributed by atoms with van der Waals surface area (Å²) in [5.74, 6) is 0.849. The summed E-state index contributed by atoms with van der Waals surface area (Å²) in [5, 5.41) is 9.75. The van der Waals surface area contributed by atoms with E-state index in [1.807, 2.05) is 0 Å². The van der Waals surface area contributed by atoms with E-state index in [0.29, 0.717) is 17.8 Å². The number of aromatic nitrogens is 3. The number of hydrogen-bond donors (Lipinski definition) is 1. The second-order valence-electron chi connectivity index (χ2n) is 4.28. The maximum Gasteiger partial charge on any atom is 0.191 e. The van der Waals surface area contributed by atoms with E-state index in [9.17, 15) is 0 Å². The fourth-order valence-corrected chi connectivity index (χ4v) is 2.66. The Kier molecular flexibility index (Phi) is 5.94. The fourth-order valence-electron chi connectivity index (χ4n) is 1.57. The zero-order chi connectivity index (χ0) is 12.8. The minimum absolute atomic E-state index is 0.334. The molecule has 0 saturated heterocycles. The fraction of sp³-hybridized carbons (Fsp3) is 0.818. The number of rotatable bonds is 7. The van der Waals surface area contributed by atoms with Crippen molar-refractivity contribution in [3.05, 3.63) is 5.82 Å². The first-order chi connectivity index (χ1) is 8.10. The van der Waals surface area contributed by atoms with Crippen molar-refractivity contribution in [2.45, 2.75) is 50.2 Å². The van der Waals surface area contributed by atoms with Crippen molar-refractivity contribution in [1.29, 1.82) is 0 Å². The van der Waals surface area contributed by atoms with E-state index in [4.69, 9.17) is 10.5 Å². The van der Waals surface area contributed by atoms with Crippen molar-refractivity contribution < 1.29 is 4.74 Å².